The van der Waals surface area contributed by atoms with E-state index in [1.165, 1.54) is 25.7 Å². The van der Waals surface area contributed by atoms with Gasteiger partial charge in [-0.3, -0.25) is 0 Å². The third kappa shape index (κ3) is 1.95. The first kappa shape index (κ1) is 10.8. The first-order chi connectivity index (χ1) is 8.29. The van der Waals surface area contributed by atoms with Crippen molar-refractivity contribution in [3.8, 4) is 0 Å². The molecule has 0 spiro atoms. The molecule has 2 fully saturated rings. The predicted molar refractivity (Wildman–Crippen MR) is 68.0 cm³/mol. The Bertz CT molecular complexity index is 421. The molecule has 0 bridgehead atoms. The van der Waals surface area contributed by atoms with Crippen LogP contribution in [0.3, 0.4) is 0 Å². The number of nitrogen functional groups attached to an aromatic ring is 1. The second kappa shape index (κ2) is 4.14. The van der Waals surface area contributed by atoms with Gasteiger partial charge in [-0.05, 0) is 32.6 Å². The summed E-state index contributed by atoms with van der Waals surface area (Å²) in [6.07, 6.45) is 4.94. The summed E-state index contributed by atoms with van der Waals surface area (Å²) in [6.45, 7) is 4.25. The fourth-order valence-electron chi connectivity index (χ4n) is 2.42. The molecule has 1 aliphatic heterocycles. The van der Waals surface area contributed by atoms with Crippen molar-refractivity contribution in [1.29, 1.82) is 0 Å². The van der Waals surface area contributed by atoms with Gasteiger partial charge in [0.05, 0.1) is 0 Å². The van der Waals surface area contributed by atoms with Gasteiger partial charge in [-0.15, -0.1) is 0 Å². The minimum atomic E-state index is 0.559. The number of aromatic nitrogens is 2. The number of nitrogens with zero attached hydrogens (tertiary/aromatic N) is 3. The second-order valence-electron chi connectivity index (χ2n) is 4.99. The zero-order chi connectivity index (χ0) is 11.8. The van der Waals surface area contributed by atoms with Crippen LogP contribution in [0.1, 0.15) is 43.0 Å². The van der Waals surface area contributed by atoms with E-state index in [-0.39, 0.29) is 0 Å². The second-order valence-corrected chi connectivity index (χ2v) is 4.99. The molecule has 1 aliphatic carbocycles. The first-order valence-electron chi connectivity index (χ1n) is 6.39. The van der Waals surface area contributed by atoms with Crippen LogP contribution in [-0.2, 0) is 0 Å². The Balaban J connectivity index is 2.01. The van der Waals surface area contributed by atoms with Crippen molar-refractivity contribution in [3.63, 3.8) is 0 Å². The van der Waals surface area contributed by atoms with Crippen LogP contribution >= 0.6 is 0 Å². The van der Waals surface area contributed by atoms with Crippen molar-refractivity contribution in [2.24, 2.45) is 5.84 Å². The van der Waals surface area contributed by atoms with E-state index < -0.39 is 0 Å². The minimum Gasteiger partial charge on any atom is -0.356 e. The maximum Gasteiger partial charge on any atom is 0.148 e. The molecular weight excluding hydrogens is 214 g/mol. The van der Waals surface area contributed by atoms with Crippen LogP contribution in [-0.4, -0.2) is 23.1 Å². The van der Waals surface area contributed by atoms with Gasteiger partial charge >= 0.3 is 0 Å². The van der Waals surface area contributed by atoms with Crippen molar-refractivity contribution in [3.05, 3.63) is 11.4 Å². The van der Waals surface area contributed by atoms with Crippen molar-refractivity contribution in [2.75, 3.05) is 23.4 Å². The number of hydrazine groups is 1. The van der Waals surface area contributed by atoms with Gasteiger partial charge in [0.15, 0.2) is 0 Å². The molecule has 92 valence electrons. The zero-order valence-electron chi connectivity index (χ0n) is 10.2. The quantitative estimate of drug-likeness (QED) is 0.612. The van der Waals surface area contributed by atoms with Crippen molar-refractivity contribution >= 4 is 11.6 Å². The van der Waals surface area contributed by atoms with E-state index in [0.29, 0.717) is 5.92 Å². The molecule has 0 radical (unpaired) electrons. The van der Waals surface area contributed by atoms with E-state index in [2.05, 4.69) is 15.3 Å². The summed E-state index contributed by atoms with van der Waals surface area (Å²) in [5.41, 5.74) is 3.77. The molecule has 0 atom stereocenters. The number of rotatable bonds is 3. The molecule has 1 aromatic heterocycles. The Morgan fingerprint density at radius 1 is 1.24 bits per heavy atom. The Morgan fingerprint density at radius 3 is 2.53 bits per heavy atom. The lowest BCUT2D eigenvalue weighted by molar-refractivity contribution is 0.861. The van der Waals surface area contributed by atoms with Gasteiger partial charge in [-0.1, -0.05) is 0 Å². The molecule has 3 rings (SSSR count). The third-order valence-corrected chi connectivity index (χ3v) is 3.62. The van der Waals surface area contributed by atoms with Crippen LogP contribution in [0, 0.1) is 6.92 Å². The van der Waals surface area contributed by atoms with Crippen LogP contribution in [0.25, 0.3) is 0 Å². The van der Waals surface area contributed by atoms with Gasteiger partial charge < -0.3 is 10.3 Å². The maximum absolute atomic E-state index is 5.55. The van der Waals surface area contributed by atoms with E-state index in [0.717, 1.165) is 36.1 Å². The van der Waals surface area contributed by atoms with Gasteiger partial charge in [-0.2, -0.15) is 0 Å². The molecule has 2 aliphatic rings. The number of hydrogen-bond acceptors (Lipinski definition) is 5. The Kier molecular flexibility index (Phi) is 2.63. The molecular formula is C12H19N5. The fourth-order valence-corrected chi connectivity index (χ4v) is 2.42. The lowest BCUT2D eigenvalue weighted by atomic mass is 10.2. The van der Waals surface area contributed by atoms with Crippen molar-refractivity contribution in [1.82, 2.24) is 9.97 Å². The summed E-state index contributed by atoms with van der Waals surface area (Å²) >= 11 is 0. The van der Waals surface area contributed by atoms with Crippen LogP contribution < -0.4 is 16.2 Å². The van der Waals surface area contributed by atoms with E-state index in [1.807, 2.05) is 6.92 Å². The monoisotopic (exact) mass is 233 g/mol. The summed E-state index contributed by atoms with van der Waals surface area (Å²) in [5.74, 6) is 8.93. The molecule has 17 heavy (non-hydrogen) atoms. The number of anilines is 2. The van der Waals surface area contributed by atoms with E-state index in [1.54, 1.807) is 0 Å². The Hall–Kier alpha value is -1.36. The third-order valence-electron chi connectivity index (χ3n) is 3.62. The Labute approximate surface area is 101 Å². The van der Waals surface area contributed by atoms with E-state index in [9.17, 15) is 0 Å². The summed E-state index contributed by atoms with van der Waals surface area (Å²) in [4.78, 5) is 11.6. The number of nitrogens with two attached hydrogens (primary N) is 1. The smallest absolute Gasteiger partial charge is 0.148 e. The first-order valence-corrected chi connectivity index (χ1v) is 6.39. The molecule has 5 heteroatoms. The average Bonchev–Trinajstić information content (AvgIpc) is 3.05. The topological polar surface area (TPSA) is 67.1 Å². The SMILES string of the molecule is Cc1c(NN)nc(C2CC2)nc1N1CCCC1. The largest absolute Gasteiger partial charge is 0.356 e. The molecule has 2 heterocycles. The lowest BCUT2D eigenvalue weighted by Crippen LogP contribution is -2.23. The van der Waals surface area contributed by atoms with Crippen molar-refractivity contribution in [2.45, 2.75) is 38.5 Å². The molecule has 5 nitrogen and oxygen atoms in total. The van der Waals surface area contributed by atoms with Gasteiger partial charge in [0, 0.05) is 24.6 Å². The van der Waals surface area contributed by atoms with Gasteiger partial charge in [0.1, 0.15) is 17.5 Å². The van der Waals surface area contributed by atoms with E-state index in [4.69, 9.17) is 10.8 Å². The highest BCUT2D eigenvalue weighted by Gasteiger charge is 2.29. The Morgan fingerprint density at radius 2 is 1.94 bits per heavy atom. The summed E-state index contributed by atoms with van der Waals surface area (Å²) < 4.78 is 0. The van der Waals surface area contributed by atoms with Gasteiger partial charge in [0.2, 0.25) is 0 Å². The van der Waals surface area contributed by atoms with Crippen LogP contribution in [0.2, 0.25) is 0 Å². The molecule has 0 aromatic carbocycles. The fraction of sp³-hybridized carbons (Fsp3) is 0.667. The molecule has 0 amide bonds. The van der Waals surface area contributed by atoms with Gasteiger partial charge in [-0.25, -0.2) is 15.8 Å². The highest BCUT2D eigenvalue weighted by atomic mass is 15.3. The molecule has 1 saturated carbocycles. The minimum absolute atomic E-state index is 0.559. The highest BCUT2D eigenvalue weighted by molar-refractivity contribution is 5.58. The normalized spacial score (nSPS) is 19.8. The van der Waals surface area contributed by atoms with Crippen LogP contribution in [0.15, 0.2) is 0 Å². The molecule has 3 N–H and O–H groups in total. The summed E-state index contributed by atoms with van der Waals surface area (Å²) in [6, 6.07) is 0. The lowest BCUT2D eigenvalue weighted by Gasteiger charge is -2.21. The average molecular weight is 233 g/mol. The molecule has 1 aromatic rings. The maximum atomic E-state index is 5.55. The summed E-state index contributed by atoms with van der Waals surface area (Å²) in [7, 11) is 0. The van der Waals surface area contributed by atoms with Gasteiger partial charge in [0.25, 0.3) is 0 Å². The number of hydrogen-bond donors (Lipinski definition) is 2. The summed E-state index contributed by atoms with van der Waals surface area (Å²) in [5, 5.41) is 0. The number of nitrogens with one attached hydrogen (secondary N) is 1. The zero-order valence-corrected chi connectivity index (χ0v) is 10.2. The highest BCUT2D eigenvalue weighted by Crippen LogP contribution is 2.40. The predicted octanol–water partition coefficient (Wildman–Crippen LogP) is 1.55. The molecule has 1 saturated heterocycles. The van der Waals surface area contributed by atoms with Crippen molar-refractivity contribution < 1.29 is 0 Å². The molecule has 0 unspecified atom stereocenters. The van der Waals surface area contributed by atoms with Crippen LogP contribution in [0.4, 0.5) is 11.6 Å². The van der Waals surface area contributed by atoms with E-state index >= 15 is 0 Å². The van der Waals surface area contributed by atoms with Crippen LogP contribution in [0.5, 0.6) is 0 Å². The standard InChI is InChI=1S/C12H19N5/c1-8-10(16-13)14-11(9-4-5-9)15-12(8)17-6-2-3-7-17/h9H,2-7,13H2,1H3,(H,14,15,16).